The van der Waals surface area contributed by atoms with Crippen LogP contribution in [0, 0.1) is 0 Å². The molecule has 0 atom stereocenters. The van der Waals surface area contributed by atoms with Crippen LogP contribution in [0.1, 0.15) is 10.4 Å². The third-order valence-corrected chi connectivity index (χ3v) is 4.77. The molecule has 3 aromatic rings. The first-order chi connectivity index (χ1) is 10.9. The first kappa shape index (κ1) is 15.4. The molecule has 2 aromatic heterocycles. The van der Waals surface area contributed by atoms with Crippen LogP contribution in [0.25, 0.3) is 11.5 Å². The highest BCUT2D eigenvalue weighted by atomic mass is 32.2. The van der Waals surface area contributed by atoms with Gasteiger partial charge in [0, 0.05) is 22.8 Å². The molecule has 0 unspecified atom stereocenters. The number of carbonyl (C=O) groups is 1. The Morgan fingerprint density at radius 3 is 2.52 bits per heavy atom. The average Bonchev–Trinajstić information content (AvgIpc) is 3.17. The number of aromatic nitrogens is 2. The summed E-state index contributed by atoms with van der Waals surface area (Å²) in [6, 6.07) is 7.38. The fourth-order valence-corrected chi connectivity index (χ4v) is 3.06. The topological polar surface area (TPSA) is 102 Å². The molecule has 7 nitrogen and oxygen atoms in total. The van der Waals surface area contributed by atoms with Crippen molar-refractivity contribution >= 4 is 33.1 Å². The number of nitrogens with zero attached hydrogens (tertiary/aromatic N) is 2. The molecular formula is C14H11N3O4S2. The van der Waals surface area contributed by atoms with Crippen molar-refractivity contribution in [1.29, 1.82) is 0 Å². The zero-order valence-electron chi connectivity index (χ0n) is 11.9. The van der Waals surface area contributed by atoms with Crippen molar-refractivity contribution in [2.75, 3.05) is 11.6 Å². The number of benzene rings is 1. The van der Waals surface area contributed by atoms with E-state index in [0.717, 1.165) is 11.8 Å². The maximum absolute atomic E-state index is 12.1. The summed E-state index contributed by atoms with van der Waals surface area (Å²) < 4.78 is 28.1. The summed E-state index contributed by atoms with van der Waals surface area (Å²) in [6.07, 6.45) is 1.10. The minimum absolute atomic E-state index is 0.0246. The summed E-state index contributed by atoms with van der Waals surface area (Å²) in [5.74, 6) is -0.153. The summed E-state index contributed by atoms with van der Waals surface area (Å²) in [5.41, 5.74) is 1.06. The van der Waals surface area contributed by atoms with Crippen LogP contribution in [0.2, 0.25) is 0 Å². The summed E-state index contributed by atoms with van der Waals surface area (Å²) in [7, 11) is -3.30. The van der Waals surface area contributed by atoms with Crippen molar-refractivity contribution in [2.24, 2.45) is 0 Å². The van der Waals surface area contributed by atoms with Crippen LogP contribution >= 0.6 is 11.3 Å². The summed E-state index contributed by atoms with van der Waals surface area (Å²) in [6.45, 7) is 0. The van der Waals surface area contributed by atoms with Gasteiger partial charge in [-0.25, -0.2) is 8.42 Å². The van der Waals surface area contributed by atoms with Gasteiger partial charge in [-0.15, -0.1) is 5.10 Å². The van der Waals surface area contributed by atoms with Crippen LogP contribution in [0.3, 0.4) is 0 Å². The summed E-state index contributed by atoms with van der Waals surface area (Å²) >= 11 is 1.49. The molecule has 0 aliphatic rings. The van der Waals surface area contributed by atoms with Crippen LogP contribution in [0.4, 0.5) is 6.01 Å². The van der Waals surface area contributed by atoms with Crippen LogP contribution in [-0.2, 0) is 9.84 Å². The van der Waals surface area contributed by atoms with Gasteiger partial charge in [0.25, 0.3) is 11.8 Å². The van der Waals surface area contributed by atoms with Gasteiger partial charge in [-0.2, -0.15) is 11.3 Å². The molecule has 23 heavy (non-hydrogen) atoms. The van der Waals surface area contributed by atoms with Gasteiger partial charge in [0.1, 0.15) is 0 Å². The van der Waals surface area contributed by atoms with E-state index in [1.807, 2.05) is 16.8 Å². The Kier molecular flexibility index (Phi) is 3.97. The summed E-state index contributed by atoms with van der Waals surface area (Å²) in [5, 5.41) is 13.8. The highest BCUT2D eigenvalue weighted by Crippen LogP contribution is 2.22. The third-order valence-electron chi connectivity index (χ3n) is 2.96. The molecule has 1 N–H and O–H groups in total. The first-order valence-corrected chi connectivity index (χ1v) is 9.24. The highest BCUT2D eigenvalue weighted by Gasteiger charge is 2.14. The van der Waals surface area contributed by atoms with Gasteiger partial charge in [0.2, 0.25) is 0 Å². The molecule has 0 radical (unpaired) electrons. The maximum atomic E-state index is 12.1. The van der Waals surface area contributed by atoms with E-state index >= 15 is 0 Å². The molecule has 0 spiro atoms. The number of hydrogen-bond donors (Lipinski definition) is 1. The molecule has 0 bridgehead atoms. The molecule has 1 amide bonds. The number of amides is 1. The van der Waals surface area contributed by atoms with Gasteiger partial charge >= 0.3 is 6.01 Å². The van der Waals surface area contributed by atoms with Crippen molar-refractivity contribution < 1.29 is 17.6 Å². The molecule has 1 aromatic carbocycles. The van der Waals surface area contributed by atoms with Crippen LogP contribution < -0.4 is 5.32 Å². The number of carbonyl (C=O) groups excluding carboxylic acids is 1. The Bertz CT molecular complexity index is 929. The lowest BCUT2D eigenvalue weighted by Gasteiger charge is -2.02. The second-order valence-corrected chi connectivity index (χ2v) is 7.47. The highest BCUT2D eigenvalue weighted by molar-refractivity contribution is 7.90. The third kappa shape index (κ3) is 3.46. The number of hydrogen-bond acceptors (Lipinski definition) is 7. The molecule has 118 valence electrons. The quantitative estimate of drug-likeness (QED) is 0.776. The average molecular weight is 349 g/mol. The van der Waals surface area contributed by atoms with Crippen molar-refractivity contribution in [3.63, 3.8) is 0 Å². The van der Waals surface area contributed by atoms with E-state index in [1.165, 1.54) is 35.6 Å². The minimum Gasteiger partial charge on any atom is -0.403 e. The first-order valence-electron chi connectivity index (χ1n) is 6.41. The molecule has 0 saturated heterocycles. The maximum Gasteiger partial charge on any atom is 0.322 e. The van der Waals surface area contributed by atoms with Crippen LogP contribution in [-0.4, -0.2) is 30.8 Å². The lowest BCUT2D eigenvalue weighted by atomic mass is 10.2. The van der Waals surface area contributed by atoms with Crippen molar-refractivity contribution in [1.82, 2.24) is 10.2 Å². The van der Waals surface area contributed by atoms with E-state index < -0.39 is 15.7 Å². The van der Waals surface area contributed by atoms with Crippen LogP contribution in [0.5, 0.6) is 0 Å². The van der Waals surface area contributed by atoms with E-state index in [0.29, 0.717) is 5.89 Å². The van der Waals surface area contributed by atoms with Crippen LogP contribution in [0.15, 0.2) is 50.4 Å². The number of rotatable bonds is 4. The number of sulfone groups is 1. The minimum atomic E-state index is -3.30. The molecule has 0 aliphatic heterocycles. The van der Waals surface area contributed by atoms with E-state index in [1.54, 1.807) is 0 Å². The lowest BCUT2D eigenvalue weighted by molar-refractivity contribution is 0.102. The number of thiophene rings is 1. The molecular weight excluding hydrogens is 338 g/mol. The predicted molar refractivity (Wildman–Crippen MR) is 85.1 cm³/mol. The van der Waals surface area contributed by atoms with Crippen molar-refractivity contribution in [3.8, 4) is 11.5 Å². The molecule has 2 heterocycles. The SMILES string of the molecule is CS(=O)(=O)c1ccc(C(=O)Nc2nnc(-c3ccsc3)o2)cc1. The Morgan fingerprint density at radius 1 is 1.17 bits per heavy atom. The predicted octanol–water partition coefficient (Wildman–Crippen LogP) is 2.45. The largest absolute Gasteiger partial charge is 0.403 e. The van der Waals surface area contributed by atoms with Crippen molar-refractivity contribution in [3.05, 3.63) is 46.7 Å². The fraction of sp³-hybridized carbons (Fsp3) is 0.0714. The number of anilines is 1. The van der Waals surface area contributed by atoms with Gasteiger partial charge in [-0.1, -0.05) is 5.10 Å². The molecule has 0 aliphatic carbocycles. The lowest BCUT2D eigenvalue weighted by Crippen LogP contribution is -2.12. The Morgan fingerprint density at radius 2 is 1.91 bits per heavy atom. The molecule has 3 rings (SSSR count). The van der Waals surface area contributed by atoms with Gasteiger partial charge < -0.3 is 4.42 Å². The van der Waals surface area contributed by atoms with E-state index in [-0.39, 0.29) is 16.5 Å². The molecule has 9 heteroatoms. The second kappa shape index (κ2) is 5.94. The van der Waals surface area contributed by atoms with E-state index in [2.05, 4.69) is 15.5 Å². The van der Waals surface area contributed by atoms with Gasteiger partial charge in [0.05, 0.1) is 4.90 Å². The van der Waals surface area contributed by atoms with E-state index in [4.69, 9.17) is 4.42 Å². The Hall–Kier alpha value is -2.52. The van der Waals surface area contributed by atoms with Gasteiger partial charge in [-0.05, 0) is 35.7 Å². The molecule has 0 saturated carbocycles. The normalized spacial score (nSPS) is 11.3. The monoisotopic (exact) mass is 349 g/mol. The van der Waals surface area contributed by atoms with Gasteiger partial charge in [0.15, 0.2) is 9.84 Å². The Labute approximate surface area is 135 Å². The molecule has 0 fully saturated rings. The van der Waals surface area contributed by atoms with Gasteiger partial charge in [-0.3, -0.25) is 10.1 Å². The fourth-order valence-electron chi connectivity index (χ4n) is 1.80. The zero-order valence-corrected chi connectivity index (χ0v) is 13.5. The standard InChI is InChI=1S/C14H11N3O4S2/c1-23(19,20)11-4-2-9(3-5-11)12(18)15-14-17-16-13(21-14)10-6-7-22-8-10/h2-8H,1H3,(H,15,17,18). The zero-order chi connectivity index (χ0) is 16.4. The summed E-state index contributed by atoms with van der Waals surface area (Å²) in [4.78, 5) is 12.2. The number of nitrogens with one attached hydrogen (secondary N) is 1. The Balaban J connectivity index is 1.74. The smallest absolute Gasteiger partial charge is 0.322 e. The van der Waals surface area contributed by atoms with E-state index in [9.17, 15) is 13.2 Å². The second-order valence-electron chi connectivity index (χ2n) is 4.68. The van der Waals surface area contributed by atoms with Crippen molar-refractivity contribution in [2.45, 2.75) is 4.90 Å².